The van der Waals surface area contributed by atoms with Gasteiger partial charge < -0.3 is 34.1 Å². The second kappa shape index (κ2) is 8.18. The molecule has 1 aromatic heterocycles. The average molecular weight is 648 g/mol. The molecule has 0 bridgehead atoms. The number of fused-ring (bicyclic) bond motifs is 5. The number of methoxy groups -OCH3 is 1. The number of nitrogens with one attached hydrogen (secondary N) is 1. The molecule has 46 heavy (non-hydrogen) atoms. The molecule has 8 aliphatic rings. The Hall–Kier alpha value is -1.71. The number of rotatable bonds is 2. The molecule has 2 saturated heterocycles. The van der Waals surface area contributed by atoms with E-state index >= 15 is 0 Å². The lowest BCUT2D eigenvalue weighted by Gasteiger charge is -2.67. The predicted octanol–water partition coefficient (Wildman–Crippen LogP) is 6.32. The van der Waals surface area contributed by atoms with Crippen molar-refractivity contribution in [3.8, 4) is 0 Å². The second-order valence-electron chi connectivity index (χ2n) is 17.2. The summed E-state index contributed by atoms with van der Waals surface area (Å²) in [4.78, 5) is 3.90. The number of aliphatic hydroxyl groups is 2. The van der Waals surface area contributed by atoms with Gasteiger partial charge in [0.1, 0.15) is 29.5 Å². The van der Waals surface area contributed by atoms with Crippen molar-refractivity contribution in [2.45, 2.75) is 131 Å². The molecule has 13 atom stereocenters. The highest BCUT2D eigenvalue weighted by atomic mass is 35.5. The van der Waals surface area contributed by atoms with Crippen molar-refractivity contribution in [3.63, 3.8) is 0 Å². The Balaban J connectivity index is 1.20. The topological polar surface area (TPSA) is 96.5 Å². The molecule has 1 aromatic carbocycles. The quantitative estimate of drug-likeness (QED) is 0.261. The Labute approximate surface area is 275 Å². The van der Waals surface area contributed by atoms with Crippen LogP contribution in [0.15, 0.2) is 30.4 Å². The number of H-pyrrole nitrogens is 1. The van der Waals surface area contributed by atoms with E-state index in [-0.39, 0.29) is 48.3 Å². The zero-order chi connectivity index (χ0) is 32.3. The first kappa shape index (κ1) is 29.2. The van der Waals surface area contributed by atoms with Gasteiger partial charge in [0.05, 0.1) is 17.8 Å². The molecule has 10 rings (SSSR count). The smallest absolute Gasteiger partial charge is 0.153 e. The van der Waals surface area contributed by atoms with E-state index in [9.17, 15) is 10.2 Å². The van der Waals surface area contributed by atoms with Crippen molar-refractivity contribution in [2.75, 3.05) is 7.11 Å². The minimum absolute atomic E-state index is 0.0140. The van der Waals surface area contributed by atoms with Gasteiger partial charge in [-0.15, -0.1) is 0 Å². The fourth-order valence-electron chi connectivity index (χ4n) is 13.1. The molecule has 3 aliphatic heterocycles. The van der Waals surface area contributed by atoms with E-state index in [1.807, 2.05) is 13.0 Å². The molecule has 5 aliphatic carbocycles. The Bertz CT molecular complexity index is 1820. The first-order valence-corrected chi connectivity index (χ1v) is 17.7. The molecule has 7 nitrogen and oxygen atoms in total. The molecule has 0 unspecified atom stereocenters. The number of hydrogen-bond donors (Lipinski definition) is 3. The summed E-state index contributed by atoms with van der Waals surface area (Å²) >= 11 is 7.08. The molecule has 1 spiro atoms. The van der Waals surface area contributed by atoms with Crippen LogP contribution in [0.3, 0.4) is 0 Å². The zero-order valence-electron chi connectivity index (χ0n) is 27.8. The predicted molar refractivity (Wildman–Crippen MR) is 174 cm³/mol. The third-order valence-electron chi connectivity index (χ3n) is 15.5. The van der Waals surface area contributed by atoms with E-state index in [1.165, 1.54) is 0 Å². The van der Waals surface area contributed by atoms with Crippen LogP contribution in [0.25, 0.3) is 10.9 Å². The van der Waals surface area contributed by atoms with Crippen LogP contribution in [0.2, 0.25) is 5.02 Å². The van der Waals surface area contributed by atoms with Gasteiger partial charge >= 0.3 is 0 Å². The molecule has 0 amide bonds. The average Bonchev–Trinajstić information content (AvgIpc) is 3.57. The monoisotopic (exact) mass is 647 g/mol. The number of benzene rings is 1. The first-order valence-electron chi connectivity index (χ1n) is 17.3. The van der Waals surface area contributed by atoms with Crippen molar-refractivity contribution in [2.24, 2.45) is 23.2 Å². The van der Waals surface area contributed by atoms with E-state index in [1.54, 1.807) is 7.11 Å². The van der Waals surface area contributed by atoms with Crippen LogP contribution in [0.5, 0.6) is 0 Å². The lowest BCUT2D eigenvalue weighted by molar-refractivity contribution is -0.282. The number of epoxide rings is 1. The van der Waals surface area contributed by atoms with Crippen LogP contribution in [0.4, 0.5) is 0 Å². The molecule has 2 aromatic rings. The van der Waals surface area contributed by atoms with Gasteiger partial charge in [-0.3, -0.25) is 0 Å². The maximum Gasteiger partial charge on any atom is 0.153 e. The summed E-state index contributed by atoms with van der Waals surface area (Å²) in [5.74, 6) is 0.0316. The van der Waals surface area contributed by atoms with E-state index in [2.05, 4.69) is 45.8 Å². The van der Waals surface area contributed by atoms with Gasteiger partial charge in [-0.25, -0.2) is 0 Å². The third kappa shape index (κ3) is 2.70. The highest BCUT2D eigenvalue weighted by Gasteiger charge is 2.87. The van der Waals surface area contributed by atoms with Crippen molar-refractivity contribution < 1.29 is 29.2 Å². The lowest BCUT2D eigenvalue weighted by atomic mass is 9.40. The van der Waals surface area contributed by atoms with Gasteiger partial charge in [0, 0.05) is 62.9 Å². The zero-order valence-corrected chi connectivity index (χ0v) is 28.5. The maximum absolute atomic E-state index is 13.4. The maximum atomic E-state index is 13.4. The summed E-state index contributed by atoms with van der Waals surface area (Å²) in [7, 11) is 1.70. The minimum Gasteiger partial charge on any atom is -0.386 e. The van der Waals surface area contributed by atoms with Crippen molar-refractivity contribution in [3.05, 3.63) is 57.8 Å². The van der Waals surface area contributed by atoms with Crippen LogP contribution in [-0.4, -0.2) is 63.5 Å². The standard InChI is InChI=1S/C38H46ClNO6/c1-16(2)28-30(43-8)32-38(46-32)24(44-28)10-11-34(6)35(7)19(9-12-36(34,38)41)29-26-25-22(40-31(26)35)15-21(39)18-13-17(3)20-14-23(33(4,5)45-29)37(20,42)27(18)25/h15,19-20,23-24,28-30,32,40-42H,1,3,9-14H2,2,4-8H3/t19-,20+,23-,24-,28+,29-,30-,32+,34+,35+,36-,37+,38-/m0/s1. The highest BCUT2D eigenvalue weighted by molar-refractivity contribution is 6.32. The molecule has 5 fully saturated rings. The molecule has 246 valence electrons. The van der Waals surface area contributed by atoms with E-state index in [0.717, 1.165) is 70.1 Å². The van der Waals surface area contributed by atoms with Gasteiger partial charge in [0.25, 0.3) is 0 Å². The number of halogens is 1. The molecule has 8 heteroatoms. The molecular weight excluding hydrogens is 602 g/mol. The van der Waals surface area contributed by atoms with Gasteiger partial charge in [-0.1, -0.05) is 44.2 Å². The molecule has 3 N–H and O–H groups in total. The summed E-state index contributed by atoms with van der Waals surface area (Å²) in [6, 6.07) is 2.05. The van der Waals surface area contributed by atoms with Crippen LogP contribution < -0.4 is 0 Å². The van der Waals surface area contributed by atoms with E-state index in [4.69, 9.17) is 30.5 Å². The Morgan fingerprint density at radius 2 is 1.89 bits per heavy atom. The fraction of sp³-hybridized carbons (Fsp3) is 0.684. The number of aromatic amines is 1. The SMILES string of the molecule is C=C(C)[C@H]1O[C@H]2CC[C@@]3(C)[C@@](O)(CC[C@H]4[C@@H]5OC(C)(C)[C@@H]6C[C@@H]7C(=C)Cc8c(Cl)cc9[nH]c(c5c9c8[C@@]76O)[C@@]43C)[C@]23O[C@@H]3[C@H]1OC. The molecule has 3 saturated carbocycles. The number of aromatic nitrogens is 1. The highest BCUT2D eigenvalue weighted by Crippen LogP contribution is 2.78. The fourth-order valence-corrected chi connectivity index (χ4v) is 13.4. The lowest BCUT2D eigenvalue weighted by Crippen LogP contribution is -2.76. The van der Waals surface area contributed by atoms with Crippen LogP contribution in [0, 0.1) is 23.2 Å². The number of hydrogen-bond acceptors (Lipinski definition) is 6. The Morgan fingerprint density at radius 3 is 2.61 bits per heavy atom. The van der Waals surface area contributed by atoms with Gasteiger partial charge in [-0.2, -0.15) is 0 Å². The molecule has 0 radical (unpaired) electrons. The van der Waals surface area contributed by atoms with Crippen molar-refractivity contribution in [1.82, 2.24) is 4.98 Å². The van der Waals surface area contributed by atoms with E-state index < -0.39 is 33.2 Å². The Morgan fingerprint density at radius 1 is 1.13 bits per heavy atom. The first-order chi connectivity index (χ1) is 21.6. The summed E-state index contributed by atoms with van der Waals surface area (Å²) < 4.78 is 26.8. The van der Waals surface area contributed by atoms with Crippen LogP contribution in [0.1, 0.15) is 95.2 Å². The minimum atomic E-state index is -1.16. The summed E-state index contributed by atoms with van der Waals surface area (Å²) in [5, 5.41) is 28.0. The van der Waals surface area contributed by atoms with Gasteiger partial charge in [0.2, 0.25) is 0 Å². The second-order valence-corrected chi connectivity index (χ2v) is 17.6. The largest absolute Gasteiger partial charge is 0.386 e. The summed E-state index contributed by atoms with van der Waals surface area (Å²) in [6.07, 6.45) is 3.19. The van der Waals surface area contributed by atoms with Crippen molar-refractivity contribution in [1.29, 1.82) is 0 Å². The normalized spacial score (nSPS) is 51.6. The van der Waals surface area contributed by atoms with Gasteiger partial charge in [-0.05, 0) is 82.1 Å². The van der Waals surface area contributed by atoms with E-state index in [0.29, 0.717) is 17.9 Å². The molecular formula is C38H46ClNO6. The van der Waals surface area contributed by atoms with Crippen molar-refractivity contribution >= 4 is 22.5 Å². The summed E-state index contributed by atoms with van der Waals surface area (Å²) in [6.45, 7) is 19.6. The third-order valence-corrected chi connectivity index (χ3v) is 15.8. The van der Waals surface area contributed by atoms with Crippen LogP contribution in [-0.2, 0) is 36.4 Å². The van der Waals surface area contributed by atoms with Crippen LogP contribution >= 0.6 is 11.6 Å². The summed E-state index contributed by atoms with van der Waals surface area (Å²) in [5.41, 5.74) is 2.46. The molecule has 4 heterocycles. The number of ether oxygens (including phenoxy) is 4. The Kier molecular flexibility index (Phi) is 5.20. The van der Waals surface area contributed by atoms with Gasteiger partial charge in [0.15, 0.2) is 5.60 Å².